The van der Waals surface area contributed by atoms with Gasteiger partial charge in [0.25, 0.3) is 0 Å². The van der Waals surface area contributed by atoms with E-state index in [1.807, 2.05) is 0 Å². The summed E-state index contributed by atoms with van der Waals surface area (Å²) in [5.74, 6) is -0.992. The largest absolute Gasteiger partial charge is 0.477 e. The van der Waals surface area contributed by atoms with Crippen LogP contribution in [0.5, 0.6) is 0 Å². The van der Waals surface area contributed by atoms with Gasteiger partial charge >= 0.3 is 5.97 Å². The number of H-pyrrole nitrogens is 1. The number of halogens is 2. The molecule has 1 aromatic carbocycles. The number of carbonyl (C=O) groups is 1. The topological polar surface area (TPSA) is 53.1 Å². The average Bonchev–Trinajstić information content (AvgIpc) is 2.72. The van der Waals surface area contributed by atoms with E-state index in [1.165, 1.54) is 17.8 Å². The number of aromatic carboxylic acids is 1. The predicted molar refractivity (Wildman–Crippen MR) is 68.3 cm³/mol. The van der Waals surface area contributed by atoms with Crippen molar-refractivity contribution in [3.8, 4) is 0 Å². The molecule has 0 unspecified atom stereocenters. The molecule has 1 aromatic heterocycles. The van der Waals surface area contributed by atoms with Crippen molar-refractivity contribution in [3.63, 3.8) is 0 Å². The molecular weight excluding hydrogens is 281 g/mol. The van der Waals surface area contributed by atoms with Crippen LogP contribution in [0.2, 0.25) is 10.0 Å². The highest BCUT2D eigenvalue weighted by Crippen LogP contribution is 2.34. The van der Waals surface area contributed by atoms with E-state index < -0.39 is 5.97 Å². The molecule has 2 rings (SSSR count). The van der Waals surface area contributed by atoms with Crippen LogP contribution < -0.4 is 0 Å². The summed E-state index contributed by atoms with van der Waals surface area (Å²) in [5.41, 5.74) is 0.144. The van der Waals surface area contributed by atoms with Crippen LogP contribution in [0.15, 0.2) is 40.3 Å². The lowest BCUT2D eigenvalue weighted by atomic mass is 10.4. The van der Waals surface area contributed by atoms with Crippen molar-refractivity contribution in [2.45, 2.75) is 9.92 Å². The van der Waals surface area contributed by atoms with Crippen LogP contribution in [0.25, 0.3) is 0 Å². The molecule has 0 aliphatic heterocycles. The number of benzene rings is 1. The van der Waals surface area contributed by atoms with E-state index >= 15 is 0 Å². The molecule has 0 radical (unpaired) electrons. The summed E-state index contributed by atoms with van der Waals surface area (Å²) >= 11 is 13.2. The van der Waals surface area contributed by atoms with Crippen molar-refractivity contribution < 1.29 is 9.90 Å². The third-order valence-electron chi connectivity index (χ3n) is 2.00. The van der Waals surface area contributed by atoms with Crippen molar-refractivity contribution >= 4 is 40.9 Å². The van der Waals surface area contributed by atoms with Gasteiger partial charge in [-0.05, 0) is 30.3 Å². The van der Waals surface area contributed by atoms with Crippen molar-refractivity contribution in [3.05, 3.63) is 46.1 Å². The van der Waals surface area contributed by atoms with Gasteiger partial charge in [0.05, 0.1) is 10.0 Å². The predicted octanol–water partition coefficient (Wildman–Crippen LogP) is 4.17. The van der Waals surface area contributed by atoms with Gasteiger partial charge in [0.2, 0.25) is 0 Å². The van der Waals surface area contributed by atoms with Crippen molar-refractivity contribution in [1.82, 2.24) is 4.98 Å². The zero-order valence-electron chi connectivity index (χ0n) is 8.41. The molecule has 0 aliphatic carbocycles. The van der Waals surface area contributed by atoms with Crippen molar-refractivity contribution in [2.24, 2.45) is 0 Å². The van der Waals surface area contributed by atoms with Crippen LogP contribution in [0.3, 0.4) is 0 Å². The maximum absolute atomic E-state index is 10.7. The highest BCUT2D eigenvalue weighted by Gasteiger charge is 2.08. The number of carboxylic acids is 1. The lowest BCUT2D eigenvalue weighted by molar-refractivity contribution is 0.0691. The smallest absolute Gasteiger partial charge is 0.352 e. The number of nitrogens with one attached hydrogen (secondary N) is 1. The lowest BCUT2D eigenvalue weighted by Crippen LogP contribution is -1.95. The van der Waals surface area contributed by atoms with Gasteiger partial charge in [-0.3, -0.25) is 0 Å². The standard InChI is InChI=1S/C11H7Cl2NO2S/c12-6-1-2-7(13)9(5-6)17-10-4-3-8(14-10)11(15)16/h1-5,14H,(H,15,16). The van der Waals surface area contributed by atoms with Crippen LogP contribution in [-0.4, -0.2) is 16.1 Å². The molecule has 6 heteroatoms. The Morgan fingerprint density at radius 1 is 1.24 bits per heavy atom. The molecule has 0 fully saturated rings. The SMILES string of the molecule is O=C(O)c1ccc(Sc2cc(Cl)ccc2Cl)[nH]1. The first-order valence-electron chi connectivity index (χ1n) is 4.61. The Labute approximate surface area is 112 Å². The molecule has 1 heterocycles. The molecule has 0 saturated carbocycles. The molecule has 3 nitrogen and oxygen atoms in total. The third kappa shape index (κ3) is 2.97. The van der Waals surface area contributed by atoms with Crippen LogP contribution in [0, 0.1) is 0 Å². The van der Waals surface area contributed by atoms with E-state index in [0.717, 1.165) is 4.90 Å². The highest BCUT2D eigenvalue weighted by molar-refractivity contribution is 7.99. The summed E-state index contributed by atoms with van der Waals surface area (Å²) in [7, 11) is 0. The second-order valence-corrected chi connectivity index (χ2v) is 5.15. The molecule has 0 spiro atoms. The minimum atomic E-state index is -0.992. The average molecular weight is 288 g/mol. The van der Waals surface area contributed by atoms with Gasteiger partial charge in [-0.25, -0.2) is 4.79 Å². The Kier molecular flexibility index (Phi) is 3.66. The van der Waals surface area contributed by atoms with E-state index in [-0.39, 0.29) is 5.69 Å². The molecule has 0 bridgehead atoms. The molecule has 2 N–H and O–H groups in total. The summed E-state index contributed by atoms with van der Waals surface area (Å²) in [6.45, 7) is 0. The summed E-state index contributed by atoms with van der Waals surface area (Å²) in [6, 6.07) is 8.32. The Balaban J connectivity index is 2.25. The first kappa shape index (κ1) is 12.4. The monoisotopic (exact) mass is 287 g/mol. The van der Waals surface area contributed by atoms with E-state index in [1.54, 1.807) is 24.3 Å². The molecule has 88 valence electrons. The van der Waals surface area contributed by atoms with E-state index in [0.29, 0.717) is 15.1 Å². The van der Waals surface area contributed by atoms with Gasteiger partial charge in [0, 0.05) is 9.92 Å². The zero-order valence-corrected chi connectivity index (χ0v) is 10.7. The minimum Gasteiger partial charge on any atom is -0.477 e. The molecule has 17 heavy (non-hydrogen) atoms. The normalized spacial score (nSPS) is 10.5. The fourth-order valence-corrected chi connectivity index (χ4v) is 2.59. The van der Waals surface area contributed by atoms with Gasteiger partial charge in [-0.15, -0.1) is 0 Å². The summed E-state index contributed by atoms with van der Waals surface area (Å²) in [5, 5.41) is 10.6. The van der Waals surface area contributed by atoms with Crippen molar-refractivity contribution in [2.75, 3.05) is 0 Å². The molecule has 0 saturated heterocycles. The molecule has 0 amide bonds. The number of hydrogen-bond acceptors (Lipinski definition) is 2. The number of aromatic amines is 1. The highest BCUT2D eigenvalue weighted by atomic mass is 35.5. The zero-order chi connectivity index (χ0) is 12.4. The van der Waals surface area contributed by atoms with Crippen molar-refractivity contribution in [1.29, 1.82) is 0 Å². The first-order chi connectivity index (χ1) is 8.06. The van der Waals surface area contributed by atoms with Crippen LogP contribution in [0.4, 0.5) is 0 Å². The minimum absolute atomic E-state index is 0.144. The summed E-state index contributed by atoms with van der Waals surface area (Å²) in [4.78, 5) is 14.2. The number of carboxylic acid groups (broad SMARTS) is 1. The van der Waals surface area contributed by atoms with Gasteiger partial charge in [-0.1, -0.05) is 35.0 Å². The molecule has 0 atom stereocenters. The quantitative estimate of drug-likeness (QED) is 0.891. The van der Waals surface area contributed by atoms with Crippen LogP contribution in [0.1, 0.15) is 10.5 Å². The van der Waals surface area contributed by atoms with Gasteiger partial charge in [-0.2, -0.15) is 0 Å². The van der Waals surface area contributed by atoms with E-state index in [4.69, 9.17) is 28.3 Å². The third-order valence-corrected chi connectivity index (χ3v) is 3.70. The van der Waals surface area contributed by atoms with Crippen LogP contribution >= 0.6 is 35.0 Å². The summed E-state index contributed by atoms with van der Waals surface area (Å²) < 4.78 is 0. The lowest BCUT2D eigenvalue weighted by Gasteiger charge is -2.02. The second kappa shape index (κ2) is 5.04. The maximum Gasteiger partial charge on any atom is 0.352 e. The number of rotatable bonds is 3. The molecular formula is C11H7Cl2NO2S. The maximum atomic E-state index is 10.7. The molecule has 0 aliphatic rings. The Morgan fingerprint density at radius 3 is 2.65 bits per heavy atom. The molecule has 2 aromatic rings. The second-order valence-electron chi connectivity index (χ2n) is 3.22. The number of hydrogen-bond donors (Lipinski definition) is 2. The van der Waals surface area contributed by atoms with Gasteiger partial charge in [0.1, 0.15) is 5.69 Å². The van der Waals surface area contributed by atoms with Crippen LogP contribution in [-0.2, 0) is 0 Å². The summed E-state index contributed by atoms with van der Waals surface area (Å²) in [6.07, 6.45) is 0. The Morgan fingerprint density at radius 2 is 2.00 bits per heavy atom. The Bertz CT molecular complexity index is 568. The fraction of sp³-hybridized carbons (Fsp3) is 0. The first-order valence-corrected chi connectivity index (χ1v) is 6.19. The van der Waals surface area contributed by atoms with Gasteiger partial charge < -0.3 is 10.1 Å². The van der Waals surface area contributed by atoms with E-state index in [2.05, 4.69) is 4.98 Å². The Hall–Kier alpha value is -1.10. The fourth-order valence-electron chi connectivity index (χ4n) is 1.23. The van der Waals surface area contributed by atoms with E-state index in [9.17, 15) is 4.79 Å². The number of aromatic nitrogens is 1. The van der Waals surface area contributed by atoms with Gasteiger partial charge in [0.15, 0.2) is 0 Å².